The van der Waals surface area contributed by atoms with Crippen molar-refractivity contribution in [1.82, 2.24) is 14.9 Å². The van der Waals surface area contributed by atoms with Crippen LogP contribution in [0.3, 0.4) is 0 Å². The van der Waals surface area contributed by atoms with E-state index in [-0.39, 0.29) is 17.6 Å². The van der Waals surface area contributed by atoms with E-state index in [0.717, 1.165) is 11.0 Å². The molecule has 2 aromatic heterocycles. The van der Waals surface area contributed by atoms with Crippen LogP contribution >= 0.6 is 0 Å². The first kappa shape index (κ1) is 17.1. The third-order valence-electron chi connectivity index (χ3n) is 4.86. The Morgan fingerprint density at radius 3 is 2.72 bits per heavy atom. The van der Waals surface area contributed by atoms with Crippen molar-refractivity contribution < 1.29 is 9.18 Å². The highest BCUT2D eigenvalue weighted by Gasteiger charge is 2.31. The van der Waals surface area contributed by atoms with Gasteiger partial charge < -0.3 is 9.88 Å². The molecule has 0 bridgehead atoms. The highest BCUT2D eigenvalue weighted by molar-refractivity contribution is 5.97. The molecule has 0 aliphatic carbocycles. The number of carbonyl (C=O) groups excluding carboxylic acids is 1. The maximum absolute atomic E-state index is 14.1. The zero-order chi connectivity index (χ0) is 18.2. The number of carbonyl (C=O) groups is 1. The first-order valence-electron chi connectivity index (χ1n) is 8.27. The molecule has 2 heterocycles. The molecule has 5 heteroatoms. The lowest BCUT2D eigenvalue weighted by Crippen LogP contribution is -2.47. The topological polar surface area (TPSA) is 46.9 Å². The molecule has 1 atom stereocenters. The van der Waals surface area contributed by atoms with Crippen molar-refractivity contribution in [3.8, 4) is 0 Å². The minimum Gasteiger partial charge on any atom is -0.347 e. The highest BCUT2D eigenvalue weighted by Crippen LogP contribution is 2.29. The van der Waals surface area contributed by atoms with Crippen molar-refractivity contribution in [2.45, 2.75) is 32.2 Å². The number of nitrogens with one attached hydrogen (secondary N) is 1. The second-order valence-corrected chi connectivity index (χ2v) is 6.98. The lowest BCUT2D eigenvalue weighted by molar-refractivity contribution is 0.0902. The number of hydrogen-bond acceptors (Lipinski definition) is 2. The molecule has 25 heavy (non-hydrogen) atoms. The summed E-state index contributed by atoms with van der Waals surface area (Å²) in [5, 5.41) is 3.93. The number of rotatable bonds is 4. The highest BCUT2D eigenvalue weighted by atomic mass is 19.1. The van der Waals surface area contributed by atoms with Gasteiger partial charge in [0.05, 0.1) is 5.56 Å². The first-order valence-corrected chi connectivity index (χ1v) is 8.27. The fourth-order valence-electron chi connectivity index (χ4n) is 2.97. The summed E-state index contributed by atoms with van der Waals surface area (Å²) < 4.78 is 16.0. The van der Waals surface area contributed by atoms with Crippen molar-refractivity contribution in [2.24, 2.45) is 7.05 Å². The Labute approximate surface area is 146 Å². The van der Waals surface area contributed by atoms with E-state index in [1.165, 1.54) is 6.07 Å². The van der Waals surface area contributed by atoms with Crippen molar-refractivity contribution in [3.63, 3.8) is 0 Å². The molecule has 0 radical (unpaired) electrons. The third kappa shape index (κ3) is 3.27. The van der Waals surface area contributed by atoms with Crippen molar-refractivity contribution in [3.05, 3.63) is 65.7 Å². The van der Waals surface area contributed by atoms with Crippen LogP contribution in [0.1, 0.15) is 42.6 Å². The molecule has 0 saturated heterocycles. The maximum atomic E-state index is 14.1. The number of aryl methyl sites for hydroxylation is 1. The van der Waals surface area contributed by atoms with Gasteiger partial charge in [-0.05, 0) is 37.6 Å². The molecule has 1 N–H and O–H groups in total. The Morgan fingerprint density at radius 1 is 1.28 bits per heavy atom. The number of nitrogens with zero attached hydrogens (tertiary/aromatic N) is 2. The summed E-state index contributed by atoms with van der Waals surface area (Å²) in [6.45, 7) is 5.71. The van der Waals surface area contributed by atoms with Crippen LogP contribution in [0.2, 0.25) is 0 Å². The summed E-state index contributed by atoms with van der Waals surface area (Å²) in [6.07, 6.45) is 3.48. The first-order chi connectivity index (χ1) is 11.8. The summed E-state index contributed by atoms with van der Waals surface area (Å²) in [5.41, 5.74) is 1.29. The van der Waals surface area contributed by atoms with E-state index < -0.39 is 5.54 Å². The van der Waals surface area contributed by atoms with E-state index in [1.807, 2.05) is 50.7 Å². The predicted molar refractivity (Wildman–Crippen MR) is 97.1 cm³/mol. The van der Waals surface area contributed by atoms with Gasteiger partial charge in [-0.25, -0.2) is 9.37 Å². The zero-order valence-corrected chi connectivity index (χ0v) is 14.9. The van der Waals surface area contributed by atoms with Crippen LogP contribution in [0.15, 0.2) is 48.8 Å². The second-order valence-electron chi connectivity index (χ2n) is 6.98. The van der Waals surface area contributed by atoms with Crippen molar-refractivity contribution in [2.75, 3.05) is 0 Å². The third-order valence-corrected chi connectivity index (χ3v) is 4.86. The number of hydrogen-bond donors (Lipinski definition) is 1. The van der Waals surface area contributed by atoms with Gasteiger partial charge in [-0.2, -0.15) is 0 Å². The summed E-state index contributed by atoms with van der Waals surface area (Å²) in [5.74, 6) is -0.665. The molecule has 0 fully saturated rings. The largest absolute Gasteiger partial charge is 0.347 e. The smallest absolute Gasteiger partial charge is 0.253 e. The van der Waals surface area contributed by atoms with E-state index in [1.54, 1.807) is 24.4 Å². The minimum absolute atomic E-state index is 0.189. The second kappa shape index (κ2) is 6.31. The molecule has 0 aliphatic heterocycles. The molecule has 3 aromatic rings. The van der Waals surface area contributed by atoms with Crippen molar-refractivity contribution in [1.29, 1.82) is 0 Å². The van der Waals surface area contributed by atoms with Crippen LogP contribution in [0.25, 0.3) is 11.0 Å². The van der Waals surface area contributed by atoms with Gasteiger partial charge in [-0.3, -0.25) is 4.79 Å². The van der Waals surface area contributed by atoms with Gasteiger partial charge in [-0.15, -0.1) is 0 Å². The fraction of sp³-hybridized carbons (Fsp3) is 0.300. The van der Waals surface area contributed by atoms with E-state index in [4.69, 9.17) is 0 Å². The SMILES string of the molecule is CC(c1ccccc1F)C(C)(C)NC(=O)c1cnc2c(ccn2C)c1. The lowest BCUT2D eigenvalue weighted by Gasteiger charge is -2.33. The lowest BCUT2D eigenvalue weighted by atomic mass is 9.83. The molecule has 130 valence electrons. The van der Waals surface area contributed by atoms with Crippen LogP contribution in [0.4, 0.5) is 4.39 Å². The Bertz CT molecular complexity index is 930. The van der Waals surface area contributed by atoms with Gasteiger partial charge in [0.15, 0.2) is 0 Å². The van der Waals surface area contributed by atoms with Crippen LogP contribution in [0.5, 0.6) is 0 Å². The van der Waals surface area contributed by atoms with Gasteiger partial charge in [0.25, 0.3) is 5.91 Å². The molecule has 0 aliphatic rings. The van der Waals surface area contributed by atoms with Crippen LogP contribution in [-0.4, -0.2) is 21.0 Å². The monoisotopic (exact) mass is 339 g/mol. The number of benzene rings is 1. The molecule has 1 amide bonds. The summed E-state index contributed by atoms with van der Waals surface area (Å²) in [6, 6.07) is 10.4. The number of halogens is 1. The summed E-state index contributed by atoms with van der Waals surface area (Å²) in [4.78, 5) is 17.0. The average Bonchev–Trinajstić information content (AvgIpc) is 2.95. The maximum Gasteiger partial charge on any atom is 0.253 e. The molecule has 1 aromatic carbocycles. The molecular formula is C20H22FN3O. The normalized spacial score (nSPS) is 13.0. The Balaban J connectivity index is 1.83. The number of pyridine rings is 1. The van der Waals surface area contributed by atoms with Gasteiger partial charge >= 0.3 is 0 Å². The molecule has 0 saturated carbocycles. The van der Waals surface area contributed by atoms with E-state index in [2.05, 4.69) is 10.3 Å². The Morgan fingerprint density at radius 2 is 2.00 bits per heavy atom. The quantitative estimate of drug-likeness (QED) is 0.780. The number of fused-ring (bicyclic) bond motifs is 1. The Hall–Kier alpha value is -2.69. The molecule has 0 spiro atoms. The van der Waals surface area contributed by atoms with Gasteiger partial charge in [0, 0.05) is 36.3 Å². The van der Waals surface area contributed by atoms with Gasteiger partial charge in [0.2, 0.25) is 0 Å². The van der Waals surface area contributed by atoms with E-state index in [0.29, 0.717) is 11.1 Å². The Kier molecular flexibility index (Phi) is 4.33. The molecule has 4 nitrogen and oxygen atoms in total. The molecular weight excluding hydrogens is 317 g/mol. The zero-order valence-electron chi connectivity index (χ0n) is 14.9. The van der Waals surface area contributed by atoms with E-state index >= 15 is 0 Å². The molecule has 1 unspecified atom stereocenters. The van der Waals surface area contributed by atoms with Crippen LogP contribution in [-0.2, 0) is 7.05 Å². The summed E-state index contributed by atoms with van der Waals surface area (Å²) >= 11 is 0. The number of aromatic nitrogens is 2. The minimum atomic E-state index is -0.620. The predicted octanol–water partition coefficient (Wildman–Crippen LogP) is 4.02. The standard InChI is InChI=1S/C20H22FN3O/c1-13(16-7-5-6-8-17(16)21)20(2,3)23-19(25)15-11-14-9-10-24(4)18(14)22-12-15/h5-13H,1-4H3,(H,23,25). The van der Waals surface area contributed by atoms with Crippen molar-refractivity contribution >= 4 is 16.9 Å². The average molecular weight is 339 g/mol. The van der Waals surface area contributed by atoms with E-state index in [9.17, 15) is 9.18 Å². The van der Waals surface area contributed by atoms with Crippen LogP contribution in [0, 0.1) is 5.82 Å². The fourth-order valence-corrected chi connectivity index (χ4v) is 2.97. The number of amides is 1. The van der Waals surface area contributed by atoms with Gasteiger partial charge in [0.1, 0.15) is 11.5 Å². The van der Waals surface area contributed by atoms with Crippen LogP contribution < -0.4 is 5.32 Å². The summed E-state index contributed by atoms with van der Waals surface area (Å²) in [7, 11) is 1.91. The molecule has 3 rings (SSSR count). The van der Waals surface area contributed by atoms with Gasteiger partial charge in [-0.1, -0.05) is 25.1 Å².